The van der Waals surface area contributed by atoms with Crippen LogP contribution in [0.1, 0.15) is 5.82 Å². The molecule has 33 heavy (non-hydrogen) atoms. The van der Waals surface area contributed by atoms with Crippen molar-refractivity contribution in [1.29, 1.82) is 0 Å². The summed E-state index contributed by atoms with van der Waals surface area (Å²) in [6.07, 6.45) is 6.57. The van der Waals surface area contributed by atoms with Crippen LogP contribution in [0.3, 0.4) is 0 Å². The third-order valence-corrected chi connectivity index (χ3v) is 7.03. The molecule has 0 unspecified atom stereocenters. The molecule has 172 valence electrons. The van der Waals surface area contributed by atoms with Crippen LogP contribution in [0.4, 0.5) is 5.69 Å². The van der Waals surface area contributed by atoms with Crippen molar-refractivity contribution in [3.8, 4) is 0 Å². The highest BCUT2D eigenvalue weighted by Gasteiger charge is 2.18. The van der Waals surface area contributed by atoms with Crippen LogP contribution in [-0.2, 0) is 9.84 Å². The summed E-state index contributed by atoms with van der Waals surface area (Å²) in [4.78, 5) is 12.6. The Bertz CT molecular complexity index is 1330. The van der Waals surface area contributed by atoms with Gasteiger partial charge in [0.1, 0.15) is 5.82 Å². The number of nitrogens with one attached hydrogen (secondary N) is 1. The van der Waals surface area contributed by atoms with Gasteiger partial charge >= 0.3 is 0 Å². The lowest BCUT2D eigenvalue weighted by Crippen LogP contribution is -2.45. The van der Waals surface area contributed by atoms with E-state index in [-0.39, 0.29) is 0 Å². The summed E-state index contributed by atoms with van der Waals surface area (Å²) in [6, 6.07) is 12.5. The Kier molecular flexibility index (Phi) is 6.49. The zero-order valence-electron chi connectivity index (χ0n) is 18.3. The van der Waals surface area contributed by atoms with E-state index in [0.29, 0.717) is 15.7 Å². The molecular weight excluding hydrogens is 458 g/mol. The van der Waals surface area contributed by atoms with E-state index in [9.17, 15) is 8.42 Å². The molecule has 1 aromatic heterocycles. The van der Waals surface area contributed by atoms with Crippen molar-refractivity contribution in [3.05, 3.63) is 83.9 Å². The highest BCUT2D eigenvalue weighted by atomic mass is 35.5. The van der Waals surface area contributed by atoms with Crippen molar-refractivity contribution in [1.82, 2.24) is 14.9 Å². The van der Waals surface area contributed by atoms with E-state index in [1.807, 2.05) is 42.5 Å². The van der Waals surface area contributed by atoms with Crippen LogP contribution in [0.5, 0.6) is 0 Å². The molecule has 4 rings (SSSR count). The fourth-order valence-corrected chi connectivity index (χ4v) is 4.57. The number of rotatable bonds is 6. The third-order valence-electron chi connectivity index (χ3n) is 5.67. The van der Waals surface area contributed by atoms with E-state index in [1.54, 1.807) is 12.1 Å². The first kappa shape index (κ1) is 22.9. The van der Waals surface area contributed by atoms with Crippen molar-refractivity contribution in [3.63, 3.8) is 0 Å². The van der Waals surface area contributed by atoms with Gasteiger partial charge in [-0.3, -0.25) is 0 Å². The molecule has 0 aliphatic carbocycles. The largest absolute Gasteiger partial charge is 0.404 e. The minimum atomic E-state index is -3.19. The lowest BCUT2D eigenvalue weighted by Gasteiger charge is -2.37. The number of imidazole rings is 1. The molecule has 1 aliphatic heterocycles. The van der Waals surface area contributed by atoms with Gasteiger partial charge in [-0.1, -0.05) is 18.2 Å². The number of piperazine rings is 1. The fourth-order valence-electron chi connectivity index (χ4n) is 3.78. The Balaban J connectivity index is 1.38. The van der Waals surface area contributed by atoms with Gasteiger partial charge in [0.05, 0.1) is 15.9 Å². The quantitative estimate of drug-likeness (QED) is 0.517. The van der Waals surface area contributed by atoms with Crippen LogP contribution in [-0.4, -0.2) is 55.7 Å². The van der Waals surface area contributed by atoms with Crippen molar-refractivity contribution in [2.45, 2.75) is 4.90 Å². The molecule has 1 saturated heterocycles. The highest BCUT2D eigenvalue weighted by Crippen LogP contribution is 2.23. The fraction of sp³-hybridized carbons (Fsp3) is 0.208. The number of aromatic amines is 1. The van der Waals surface area contributed by atoms with Crippen molar-refractivity contribution >= 4 is 43.7 Å². The molecular formula is C24H26ClN5O2S. The number of benzene rings is 2. The van der Waals surface area contributed by atoms with E-state index in [0.717, 1.165) is 54.2 Å². The molecule has 3 N–H and O–H groups in total. The molecule has 0 atom stereocenters. The molecule has 7 nitrogen and oxygen atoms in total. The topological polar surface area (TPSA) is 95.3 Å². The maximum atomic E-state index is 11.7. The summed E-state index contributed by atoms with van der Waals surface area (Å²) in [5.41, 5.74) is 10.2. The molecule has 1 fully saturated rings. The number of hydrogen-bond acceptors (Lipinski definition) is 6. The summed E-state index contributed by atoms with van der Waals surface area (Å²) < 4.78 is 23.3. The number of nitrogens with two attached hydrogens (primary N) is 1. The minimum absolute atomic E-state index is 0.333. The Labute approximate surface area is 198 Å². The Morgan fingerprint density at radius 1 is 1.12 bits per heavy atom. The smallest absolute Gasteiger partial charge is 0.175 e. The molecule has 0 amide bonds. The maximum Gasteiger partial charge on any atom is 0.175 e. The number of fused-ring (bicyclic) bond motifs is 1. The monoisotopic (exact) mass is 483 g/mol. The third kappa shape index (κ3) is 5.23. The molecule has 1 aliphatic rings. The number of nitrogens with zero attached hydrogens (tertiary/aromatic N) is 3. The zero-order chi connectivity index (χ0) is 23.6. The van der Waals surface area contributed by atoms with Gasteiger partial charge < -0.3 is 20.5 Å². The van der Waals surface area contributed by atoms with E-state index >= 15 is 0 Å². The number of aromatic nitrogens is 2. The lowest BCUT2D eigenvalue weighted by molar-refractivity contribution is 0.331. The average Bonchev–Trinajstić information content (AvgIpc) is 3.22. The van der Waals surface area contributed by atoms with Crippen LogP contribution in [0.15, 0.2) is 78.0 Å². The standard InChI is InChI=1S/C24H26ClN5O2S/c1-17(3-4-18(16-26)24-27-22-10-5-19(25)15-23(22)28-24)29-11-13-30(14-12-29)20-6-8-21(9-7-20)33(2,31)32/h3-10,15-16H,1,11-14,26H2,2H3,(H,27,28)/b4-3-,18-16+. The first-order chi connectivity index (χ1) is 15.7. The second-order valence-corrected chi connectivity index (χ2v) is 10.4. The van der Waals surface area contributed by atoms with Crippen LogP contribution in [0.25, 0.3) is 16.6 Å². The predicted octanol–water partition coefficient (Wildman–Crippen LogP) is 3.81. The molecule has 2 heterocycles. The van der Waals surface area contributed by atoms with Crippen molar-refractivity contribution in [2.24, 2.45) is 5.73 Å². The van der Waals surface area contributed by atoms with Gasteiger partial charge in [-0.05, 0) is 54.6 Å². The molecule has 9 heteroatoms. The number of H-pyrrole nitrogens is 1. The normalized spacial score (nSPS) is 15.5. The first-order valence-electron chi connectivity index (χ1n) is 10.5. The van der Waals surface area contributed by atoms with E-state index in [2.05, 4.69) is 26.3 Å². The van der Waals surface area contributed by atoms with Crippen LogP contribution >= 0.6 is 11.6 Å². The molecule has 0 spiro atoms. The summed E-state index contributed by atoms with van der Waals surface area (Å²) >= 11 is 6.05. The van der Waals surface area contributed by atoms with E-state index in [4.69, 9.17) is 17.3 Å². The SMILES string of the molecule is C=C(/C=C\C(=C/N)c1nc2cc(Cl)ccc2[nH]1)N1CCN(c2ccc(S(C)(=O)=O)cc2)CC1. The number of halogens is 1. The Morgan fingerprint density at radius 2 is 1.82 bits per heavy atom. The summed E-state index contributed by atoms with van der Waals surface area (Å²) in [7, 11) is -3.19. The second kappa shape index (κ2) is 9.33. The van der Waals surface area contributed by atoms with E-state index < -0.39 is 9.84 Å². The molecule has 3 aromatic rings. The van der Waals surface area contributed by atoms with Crippen molar-refractivity contribution in [2.75, 3.05) is 37.3 Å². The van der Waals surface area contributed by atoms with Crippen molar-refractivity contribution < 1.29 is 8.42 Å². The molecule has 0 saturated carbocycles. The van der Waals surface area contributed by atoms with Gasteiger partial charge in [-0.15, -0.1) is 0 Å². The number of sulfone groups is 1. The van der Waals surface area contributed by atoms with Gasteiger partial charge in [0.2, 0.25) is 0 Å². The van der Waals surface area contributed by atoms with E-state index in [1.165, 1.54) is 12.5 Å². The highest BCUT2D eigenvalue weighted by molar-refractivity contribution is 7.90. The Morgan fingerprint density at radius 3 is 2.45 bits per heavy atom. The summed E-state index contributed by atoms with van der Waals surface area (Å²) in [5, 5.41) is 0.633. The lowest BCUT2D eigenvalue weighted by atomic mass is 10.2. The zero-order valence-corrected chi connectivity index (χ0v) is 19.9. The number of hydrogen-bond donors (Lipinski definition) is 2. The van der Waals surface area contributed by atoms with Gasteiger partial charge in [0, 0.05) is 60.6 Å². The minimum Gasteiger partial charge on any atom is -0.404 e. The number of allylic oxidation sites excluding steroid dienone is 3. The van der Waals surface area contributed by atoms with Gasteiger partial charge in [-0.2, -0.15) is 0 Å². The molecule has 0 bridgehead atoms. The molecule has 2 aromatic carbocycles. The number of anilines is 1. The predicted molar refractivity (Wildman–Crippen MR) is 135 cm³/mol. The van der Waals surface area contributed by atoms with Gasteiger partial charge in [-0.25, -0.2) is 13.4 Å². The van der Waals surface area contributed by atoms with Crippen LogP contribution < -0.4 is 10.6 Å². The van der Waals surface area contributed by atoms with Crippen LogP contribution in [0, 0.1) is 0 Å². The summed E-state index contributed by atoms with van der Waals surface area (Å²) in [6.45, 7) is 7.45. The van der Waals surface area contributed by atoms with Gasteiger partial charge in [0.25, 0.3) is 0 Å². The van der Waals surface area contributed by atoms with Gasteiger partial charge in [0.15, 0.2) is 9.84 Å². The first-order valence-corrected chi connectivity index (χ1v) is 12.8. The van der Waals surface area contributed by atoms with Crippen LogP contribution in [0.2, 0.25) is 5.02 Å². The summed E-state index contributed by atoms with van der Waals surface area (Å²) in [5.74, 6) is 0.668. The molecule has 0 radical (unpaired) electrons. The average molecular weight is 484 g/mol. The second-order valence-electron chi connectivity index (χ2n) is 7.93. The maximum absolute atomic E-state index is 11.7. The Hall–Kier alpha value is -3.23.